The second-order valence-electron chi connectivity index (χ2n) is 5.39. The maximum absolute atomic E-state index is 5.61. The van der Waals surface area contributed by atoms with Gasteiger partial charge in [-0.15, -0.1) is 5.10 Å². The highest BCUT2D eigenvalue weighted by Crippen LogP contribution is 2.56. The maximum atomic E-state index is 5.61. The standard InChI is InChI=1S/C12H20N4/c13-11-14-10(15-16-11)12(7-8-12)9-5-3-1-2-4-6-9/h9H,1-8H2,(H3,13,14,15,16). The van der Waals surface area contributed by atoms with Crippen LogP contribution in [0.25, 0.3) is 0 Å². The first-order chi connectivity index (χ1) is 7.81. The Balaban J connectivity index is 1.81. The van der Waals surface area contributed by atoms with E-state index in [1.807, 2.05) is 0 Å². The predicted molar refractivity (Wildman–Crippen MR) is 62.9 cm³/mol. The molecule has 88 valence electrons. The summed E-state index contributed by atoms with van der Waals surface area (Å²) in [6.07, 6.45) is 10.8. The van der Waals surface area contributed by atoms with Gasteiger partial charge in [0.2, 0.25) is 5.95 Å². The summed E-state index contributed by atoms with van der Waals surface area (Å²) < 4.78 is 0. The molecule has 3 rings (SSSR count). The molecule has 2 saturated carbocycles. The van der Waals surface area contributed by atoms with Crippen molar-refractivity contribution in [3.63, 3.8) is 0 Å². The fourth-order valence-corrected chi connectivity index (χ4v) is 3.30. The highest BCUT2D eigenvalue weighted by molar-refractivity contribution is 5.25. The average molecular weight is 220 g/mol. The van der Waals surface area contributed by atoms with Crippen LogP contribution in [-0.2, 0) is 5.41 Å². The first-order valence-corrected chi connectivity index (χ1v) is 6.50. The quantitative estimate of drug-likeness (QED) is 0.752. The van der Waals surface area contributed by atoms with Crippen LogP contribution in [0.1, 0.15) is 57.2 Å². The highest BCUT2D eigenvalue weighted by Gasteiger charge is 2.52. The summed E-state index contributed by atoms with van der Waals surface area (Å²) in [5.41, 5.74) is 5.92. The number of aromatic nitrogens is 3. The van der Waals surface area contributed by atoms with Gasteiger partial charge in [-0.1, -0.05) is 25.7 Å². The van der Waals surface area contributed by atoms with Gasteiger partial charge in [-0.2, -0.15) is 4.98 Å². The smallest absolute Gasteiger partial charge is 0.239 e. The van der Waals surface area contributed by atoms with E-state index in [4.69, 9.17) is 5.73 Å². The van der Waals surface area contributed by atoms with Gasteiger partial charge in [0.15, 0.2) is 0 Å². The fourth-order valence-electron chi connectivity index (χ4n) is 3.30. The Morgan fingerprint density at radius 3 is 2.31 bits per heavy atom. The molecular weight excluding hydrogens is 200 g/mol. The van der Waals surface area contributed by atoms with Crippen LogP contribution in [0, 0.1) is 5.92 Å². The van der Waals surface area contributed by atoms with Crippen molar-refractivity contribution < 1.29 is 0 Å². The van der Waals surface area contributed by atoms with E-state index in [2.05, 4.69) is 15.2 Å². The van der Waals surface area contributed by atoms with Gasteiger partial charge in [-0.05, 0) is 31.6 Å². The zero-order valence-electron chi connectivity index (χ0n) is 9.71. The van der Waals surface area contributed by atoms with E-state index in [0.717, 1.165) is 11.7 Å². The number of hydrogen-bond donors (Lipinski definition) is 2. The van der Waals surface area contributed by atoms with Crippen molar-refractivity contribution in [3.8, 4) is 0 Å². The number of H-pyrrole nitrogens is 1. The van der Waals surface area contributed by atoms with E-state index in [1.54, 1.807) is 0 Å². The van der Waals surface area contributed by atoms with Gasteiger partial charge in [0, 0.05) is 5.41 Å². The molecule has 1 aromatic heterocycles. The van der Waals surface area contributed by atoms with Crippen molar-refractivity contribution in [1.82, 2.24) is 15.2 Å². The Morgan fingerprint density at radius 2 is 1.81 bits per heavy atom. The summed E-state index contributed by atoms with van der Waals surface area (Å²) in [6.45, 7) is 0. The lowest BCUT2D eigenvalue weighted by atomic mass is 9.82. The molecule has 0 saturated heterocycles. The predicted octanol–water partition coefficient (Wildman–Crippen LogP) is 2.39. The van der Waals surface area contributed by atoms with Crippen LogP contribution in [0.2, 0.25) is 0 Å². The fraction of sp³-hybridized carbons (Fsp3) is 0.833. The molecule has 0 aliphatic heterocycles. The first-order valence-electron chi connectivity index (χ1n) is 6.50. The third-order valence-corrected chi connectivity index (χ3v) is 4.40. The van der Waals surface area contributed by atoms with Crippen molar-refractivity contribution in [2.24, 2.45) is 5.92 Å². The van der Waals surface area contributed by atoms with Crippen LogP contribution in [0.5, 0.6) is 0 Å². The SMILES string of the molecule is Nc1n[nH]c(C2(C3CCCCCC3)CC2)n1. The van der Waals surface area contributed by atoms with Gasteiger partial charge in [-0.3, -0.25) is 5.10 Å². The number of anilines is 1. The first kappa shape index (κ1) is 10.1. The zero-order valence-corrected chi connectivity index (χ0v) is 9.71. The number of hydrogen-bond acceptors (Lipinski definition) is 3. The van der Waals surface area contributed by atoms with Crippen molar-refractivity contribution in [3.05, 3.63) is 5.82 Å². The summed E-state index contributed by atoms with van der Waals surface area (Å²) in [4.78, 5) is 4.36. The van der Waals surface area contributed by atoms with Gasteiger partial charge in [0.25, 0.3) is 0 Å². The van der Waals surface area contributed by atoms with E-state index < -0.39 is 0 Å². The molecule has 4 heteroatoms. The van der Waals surface area contributed by atoms with Crippen molar-refractivity contribution in [2.75, 3.05) is 5.73 Å². The topological polar surface area (TPSA) is 67.6 Å². The molecule has 0 atom stereocenters. The molecule has 2 fully saturated rings. The van der Waals surface area contributed by atoms with E-state index in [0.29, 0.717) is 11.4 Å². The summed E-state index contributed by atoms with van der Waals surface area (Å²) in [5.74, 6) is 2.26. The Hall–Kier alpha value is -1.06. The molecule has 1 heterocycles. The minimum atomic E-state index is 0.314. The number of aromatic amines is 1. The lowest BCUT2D eigenvalue weighted by Crippen LogP contribution is -2.21. The van der Waals surface area contributed by atoms with E-state index >= 15 is 0 Å². The third kappa shape index (κ3) is 1.60. The second-order valence-corrected chi connectivity index (χ2v) is 5.39. The molecular formula is C12H20N4. The lowest BCUT2D eigenvalue weighted by Gasteiger charge is -2.23. The monoisotopic (exact) mass is 220 g/mol. The normalized spacial score (nSPS) is 25.2. The molecule has 0 spiro atoms. The number of nitrogens with zero attached hydrogens (tertiary/aromatic N) is 2. The average Bonchev–Trinajstić information content (AvgIpc) is 3.03. The van der Waals surface area contributed by atoms with Crippen molar-refractivity contribution in [2.45, 2.75) is 56.8 Å². The molecule has 3 N–H and O–H groups in total. The third-order valence-electron chi connectivity index (χ3n) is 4.40. The molecule has 0 bridgehead atoms. The lowest BCUT2D eigenvalue weighted by molar-refractivity contribution is 0.345. The zero-order chi connectivity index (χ0) is 11.0. The van der Waals surface area contributed by atoms with Crippen LogP contribution < -0.4 is 5.73 Å². The number of nitrogens with one attached hydrogen (secondary N) is 1. The number of nitrogens with two attached hydrogens (primary N) is 1. The minimum absolute atomic E-state index is 0.314. The summed E-state index contributed by atoms with van der Waals surface area (Å²) in [7, 11) is 0. The van der Waals surface area contributed by atoms with Crippen LogP contribution >= 0.6 is 0 Å². The molecule has 2 aliphatic rings. The molecule has 4 nitrogen and oxygen atoms in total. The maximum Gasteiger partial charge on any atom is 0.239 e. The Morgan fingerprint density at radius 1 is 1.12 bits per heavy atom. The van der Waals surface area contributed by atoms with E-state index in [-0.39, 0.29) is 0 Å². The number of nitrogen functional groups attached to an aromatic ring is 1. The molecule has 2 aliphatic carbocycles. The van der Waals surface area contributed by atoms with Crippen LogP contribution in [0.4, 0.5) is 5.95 Å². The largest absolute Gasteiger partial charge is 0.367 e. The molecule has 0 radical (unpaired) electrons. The number of rotatable bonds is 2. The van der Waals surface area contributed by atoms with E-state index in [9.17, 15) is 0 Å². The van der Waals surface area contributed by atoms with Gasteiger partial charge in [0.05, 0.1) is 0 Å². The molecule has 1 aromatic rings. The van der Waals surface area contributed by atoms with Crippen LogP contribution in [0.3, 0.4) is 0 Å². The van der Waals surface area contributed by atoms with E-state index in [1.165, 1.54) is 51.4 Å². The summed E-state index contributed by atoms with van der Waals surface area (Å²) in [6, 6.07) is 0. The molecule has 16 heavy (non-hydrogen) atoms. The Kier molecular flexibility index (Phi) is 2.37. The van der Waals surface area contributed by atoms with Gasteiger partial charge in [0.1, 0.15) is 5.82 Å². The van der Waals surface area contributed by atoms with Gasteiger partial charge >= 0.3 is 0 Å². The summed E-state index contributed by atoms with van der Waals surface area (Å²) in [5, 5.41) is 7.02. The minimum Gasteiger partial charge on any atom is -0.367 e. The van der Waals surface area contributed by atoms with Gasteiger partial charge in [-0.25, -0.2) is 0 Å². The van der Waals surface area contributed by atoms with Crippen LogP contribution in [-0.4, -0.2) is 15.2 Å². The highest BCUT2D eigenvalue weighted by atomic mass is 15.3. The molecule has 0 aromatic carbocycles. The second kappa shape index (κ2) is 3.75. The van der Waals surface area contributed by atoms with Crippen molar-refractivity contribution >= 4 is 5.95 Å². The Bertz CT molecular complexity index is 359. The molecule has 0 amide bonds. The summed E-state index contributed by atoms with van der Waals surface area (Å²) >= 11 is 0. The Labute approximate surface area is 96.0 Å². The van der Waals surface area contributed by atoms with Crippen molar-refractivity contribution in [1.29, 1.82) is 0 Å². The van der Waals surface area contributed by atoms with Gasteiger partial charge < -0.3 is 5.73 Å². The molecule has 0 unspecified atom stereocenters. The van der Waals surface area contributed by atoms with Crippen LogP contribution in [0.15, 0.2) is 0 Å².